The smallest absolute Gasteiger partial charge is 0.149 e. The molecule has 0 unspecified atom stereocenters. The molecule has 0 saturated heterocycles. The molecular weight excluding hydrogens is 707 g/mol. The van der Waals surface area contributed by atoms with Gasteiger partial charge in [0.15, 0.2) is 0 Å². The summed E-state index contributed by atoms with van der Waals surface area (Å²) in [5, 5.41) is 13.6. The average Bonchev–Trinajstić information content (AvgIpc) is 3.59. The van der Waals surface area contributed by atoms with E-state index in [4.69, 9.17) is 9.97 Å². The maximum Gasteiger partial charge on any atom is 0.149 e. The normalized spacial score (nSPS) is 12.3. The number of aromatic hydroxyl groups is 1. The molecule has 6 aromatic carbocycles. The number of nitrogens with zero attached hydrogens (tertiary/aromatic N) is 3. The number of hydrogen-bond donors (Lipinski definition) is 1. The van der Waals surface area contributed by atoms with Crippen molar-refractivity contribution >= 4 is 21.9 Å². The Morgan fingerprint density at radius 1 is 0.552 bits per heavy atom. The van der Waals surface area contributed by atoms with Gasteiger partial charge in [0.1, 0.15) is 11.6 Å². The molecule has 0 spiro atoms. The summed E-state index contributed by atoms with van der Waals surface area (Å²) in [5.41, 5.74) is 15.1. The van der Waals surface area contributed by atoms with Crippen LogP contribution in [0.4, 0.5) is 0 Å². The predicted molar refractivity (Wildman–Crippen MR) is 245 cm³/mol. The van der Waals surface area contributed by atoms with E-state index in [1.165, 1.54) is 11.1 Å². The summed E-state index contributed by atoms with van der Waals surface area (Å²) in [6.07, 6.45) is 0. The number of hydrogen-bond acceptors (Lipinski definition) is 3. The molecule has 0 aliphatic rings. The first-order valence-corrected chi connectivity index (χ1v) is 20.7. The number of pyridine rings is 1. The highest BCUT2D eigenvalue weighted by atomic mass is 16.3. The number of benzene rings is 6. The number of phenols is 1. The van der Waals surface area contributed by atoms with Crippen LogP contribution in [-0.2, 0) is 10.8 Å². The third-order valence-electron chi connectivity index (χ3n) is 11.5. The van der Waals surface area contributed by atoms with Crippen molar-refractivity contribution in [2.75, 3.05) is 0 Å². The van der Waals surface area contributed by atoms with Crippen molar-refractivity contribution in [3.63, 3.8) is 0 Å². The summed E-state index contributed by atoms with van der Waals surface area (Å²) < 4.78 is 2.34. The lowest BCUT2D eigenvalue weighted by Crippen LogP contribution is -2.17. The fourth-order valence-electron chi connectivity index (χ4n) is 8.19. The van der Waals surface area contributed by atoms with E-state index in [2.05, 4.69) is 201 Å². The predicted octanol–water partition coefficient (Wildman–Crippen LogP) is 14.8. The van der Waals surface area contributed by atoms with Crippen LogP contribution in [-0.4, -0.2) is 19.6 Å². The molecule has 2 aromatic heterocycles. The Morgan fingerprint density at radius 3 is 1.95 bits per heavy atom. The van der Waals surface area contributed by atoms with E-state index in [1.807, 2.05) is 6.07 Å². The van der Waals surface area contributed by atoms with Crippen LogP contribution in [0.25, 0.3) is 72.5 Å². The standard InChI is InChI=1S/C54H55N3O/c1-33(2)37-28-38(30-39(29-37)47-27-26-36-20-14-15-24-46(36)55-47)42-22-17-25-48-49(42)56-52(44-31-40(53(5,6)7)32-45(51(44)58)54(8,9)10)57(48)50-41(34(3)4)21-16-23-43(50)35-18-12-11-13-19-35/h11-34,58H,1-10H3. The quantitative estimate of drug-likeness (QED) is 0.176. The van der Waals surface area contributed by atoms with Gasteiger partial charge in [-0.3, -0.25) is 4.57 Å². The van der Waals surface area contributed by atoms with Gasteiger partial charge in [-0.25, -0.2) is 9.97 Å². The largest absolute Gasteiger partial charge is 0.507 e. The average molecular weight is 762 g/mol. The van der Waals surface area contributed by atoms with Gasteiger partial charge in [-0.15, -0.1) is 0 Å². The first kappa shape index (κ1) is 38.9. The molecule has 8 rings (SSSR count). The van der Waals surface area contributed by atoms with E-state index in [0.717, 1.165) is 83.6 Å². The Hall–Kier alpha value is -6.00. The number of para-hydroxylation sites is 3. The molecule has 58 heavy (non-hydrogen) atoms. The SMILES string of the molecule is CC(C)c1cc(-c2ccc3ccccc3n2)cc(-c2cccc3c2nc(-c2cc(C(C)(C)C)cc(C(C)(C)C)c2O)n3-c2c(-c3ccccc3)cccc2C(C)C)c1. The molecule has 4 heteroatoms. The molecule has 0 amide bonds. The van der Waals surface area contributed by atoms with Gasteiger partial charge >= 0.3 is 0 Å². The Balaban J connectivity index is 1.49. The molecule has 8 aromatic rings. The van der Waals surface area contributed by atoms with Crippen molar-refractivity contribution in [2.45, 2.75) is 91.9 Å². The molecule has 1 N–H and O–H groups in total. The van der Waals surface area contributed by atoms with Crippen LogP contribution in [0, 0.1) is 0 Å². The van der Waals surface area contributed by atoms with Gasteiger partial charge in [0.2, 0.25) is 0 Å². The Bertz CT molecular complexity index is 2810. The molecule has 2 heterocycles. The number of rotatable bonds is 7. The van der Waals surface area contributed by atoms with E-state index < -0.39 is 0 Å². The topological polar surface area (TPSA) is 50.9 Å². The summed E-state index contributed by atoms with van der Waals surface area (Å²) in [7, 11) is 0. The molecule has 0 bridgehead atoms. The van der Waals surface area contributed by atoms with E-state index in [-0.39, 0.29) is 22.5 Å². The lowest BCUT2D eigenvalue weighted by molar-refractivity contribution is 0.446. The van der Waals surface area contributed by atoms with Crippen molar-refractivity contribution in [3.8, 4) is 56.3 Å². The van der Waals surface area contributed by atoms with Gasteiger partial charge < -0.3 is 5.11 Å². The maximum absolute atomic E-state index is 12.5. The number of imidazole rings is 1. The third-order valence-corrected chi connectivity index (χ3v) is 11.5. The minimum atomic E-state index is -0.308. The fraction of sp³-hybridized carbons (Fsp3) is 0.259. The highest BCUT2D eigenvalue weighted by molar-refractivity contribution is 5.98. The maximum atomic E-state index is 12.5. The highest BCUT2D eigenvalue weighted by Gasteiger charge is 2.30. The summed E-state index contributed by atoms with van der Waals surface area (Å²) in [5.74, 6) is 1.50. The van der Waals surface area contributed by atoms with Crippen LogP contribution in [0.1, 0.15) is 103 Å². The number of fused-ring (bicyclic) bond motifs is 2. The molecule has 0 atom stereocenters. The molecule has 0 aliphatic carbocycles. The summed E-state index contributed by atoms with van der Waals surface area (Å²) >= 11 is 0. The number of aromatic nitrogens is 3. The molecule has 0 fully saturated rings. The minimum Gasteiger partial charge on any atom is -0.507 e. The van der Waals surface area contributed by atoms with Crippen LogP contribution >= 0.6 is 0 Å². The van der Waals surface area contributed by atoms with Crippen LogP contribution in [0.15, 0.2) is 133 Å². The summed E-state index contributed by atoms with van der Waals surface area (Å²) in [4.78, 5) is 10.8. The van der Waals surface area contributed by atoms with Gasteiger partial charge in [0.25, 0.3) is 0 Å². The lowest BCUT2D eigenvalue weighted by atomic mass is 9.79. The zero-order chi connectivity index (χ0) is 41.1. The minimum absolute atomic E-state index is 0.167. The van der Waals surface area contributed by atoms with Gasteiger partial charge in [0.05, 0.1) is 33.5 Å². The van der Waals surface area contributed by atoms with Crippen molar-refractivity contribution in [2.24, 2.45) is 0 Å². The van der Waals surface area contributed by atoms with Gasteiger partial charge in [-0.1, -0.05) is 166 Å². The zero-order valence-corrected chi connectivity index (χ0v) is 35.6. The molecular formula is C54H55N3O. The van der Waals surface area contributed by atoms with Crippen molar-refractivity contribution in [1.29, 1.82) is 0 Å². The van der Waals surface area contributed by atoms with Crippen molar-refractivity contribution < 1.29 is 5.11 Å². The third kappa shape index (κ3) is 7.10. The molecule has 0 aliphatic heterocycles. The molecule has 292 valence electrons. The second kappa shape index (κ2) is 14.7. The number of phenolic OH excluding ortho intramolecular Hbond substituents is 1. The molecule has 4 nitrogen and oxygen atoms in total. The first-order valence-electron chi connectivity index (χ1n) is 20.7. The Morgan fingerprint density at radius 2 is 1.24 bits per heavy atom. The monoisotopic (exact) mass is 761 g/mol. The highest BCUT2D eigenvalue weighted by Crippen LogP contribution is 2.46. The molecule has 0 saturated carbocycles. The fourth-order valence-corrected chi connectivity index (χ4v) is 8.19. The zero-order valence-electron chi connectivity index (χ0n) is 35.6. The first-order chi connectivity index (χ1) is 27.6. The molecule has 0 radical (unpaired) electrons. The Kier molecular flexibility index (Phi) is 9.88. The van der Waals surface area contributed by atoms with E-state index >= 15 is 0 Å². The van der Waals surface area contributed by atoms with E-state index in [0.29, 0.717) is 5.92 Å². The van der Waals surface area contributed by atoms with Gasteiger partial charge in [0, 0.05) is 27.6 Å². The van der Waals surface area contributed by atoms with E-state index in [9.17, 15) is 5.11 Å². The summed E-state index contributed by atoms with van der Waals surface area (Å²) in [6.45, 7) is 22.2. The lowest BCUT2D eigenvalue weighted by Gasteiger charge is -2.28. The van der Waals surface area contributed by atoms with Gasteiger partial charge in [-0.05, 0) is 86.9 Å². The van der Waals surface area contributed by atoms with Crippen LogP contribution < -0.4 is 0 Å². The van der Waals surface area contributed by atoms with Crippen molar-refractivity contribution in [3.05, 3.63) is 156 Å². The van der Waals surface area contributed by atoms with Crippen LogP contribution in [0.3, 0.4) is 0 Å². The summed E-state index contributed by atoms with van der Waals surface area (Å²) in [6, 6.07) is 47.6. The Labute approximate surface area is 344 Å². The van der Waals surface area contributed by atoms with Crippen molar-refractivity contribution in [1.82, 2.24) is 14.5 Å². The van der Waals surface area contributed by atoms with E-state index in [1.54, 1.807) is 0 Å². The second-order valence-electron chi connectivity index (χ2n) is 18.5. The van der Waals surface area contributed by atoms with Crippen LogP contribution in [0.5, 0.6) is 5.75 Å². The van der Waals surface area contributed by atoms with Gasteiger partial charge in [-0.2, -0.15) is 0 Å². The second-order valence-corrected chi connectivity index (χ2v) is 18.5. The van der Waals surface area contributed by atoms with Crippen LogP contribution in [0.2, 0.25) is 0 Å².